The van der Waals surface area contributed by atoms with Crippen molar-refractivity contribution in [2.75, 3.05) is 20.3 Å². The molecule has 154 valence electrons. The summed E-state index contributed by atoms with van der Waals surface area (Å²) in [5.74, 6) is -0.842. The largest absolute Gasteiger partial charge is 0.493 e. The van der Waals surface area contributed by atoms with E-state index in [2.05, 4.69) is 4.74 Å². The Morgan fingerprint density at radius 1 is 1.29 bits per heavy atom. The summed E-state index contributed by atoms with van der Waals surface area (Å²) in [7, 11) is 1.32. The van der Waals surface area contributed by atoms with E-state index in [0.29, 0.717) is 12.1 Å². The number of hydrogen-bond donors (Lipinski definition) is 0. The van der Waals surface area contributed by atoms with Gasteiger partial charge in [-0.2, -0.15) is 8.78 Å². The number of nitrogens with zero attached hydrogens (tertiary/aromatic N) is 1. The summed E-state index contributed by atoms with van der Waals surface area (Å²) in [4.78, 5) is 26.0. The molecule has 0 radical (unpaired) electrons. The molecule has 1 aliphatic heterocycles. The minimum absolute atomic E-state index is 0.102. The van der Waals surface area contributed by atoms with Crippen LogP contribution in [0.25, 0.3) is 6.08 Å². The van der Waals surface area contributed by atoms with E-state index in [9.17, 15) is 18.4 Å². The first-order chi connectivity index (χ1) is 13.4. The number of carbonyl (C=O) groups is 2. The van der Waals surface area contributed by atoms with E-state index in [1.807, 2.05) is 6.92 Å². The van der Waals surface area contributed by atoms with Crippen LogP contribution in [0.1, 0.15) is 38.2 Å². The second-order valence-corrected chi connectivity index (χ2v) is 6.37. The average Bonchev–Trinajstić information content (AvgIpc) is 2.70. The molecule has 6 nitrogen and oxygen atoms in total. The van der Waals surface area contributed by atoms with Crippen molar-refractivity contribution in [1.29, 1.82) is 0 Å². The first-order valence-corrected chi connectivity index (χ1v) is 9.21. The number of alkyl halides is 2. The smallest absolute Gasteiger partial charge is 0.387 e. The quantitative estimate of drug-likeness (QED) is 0.495. The fraction of sp³-hybridized carbons (Fsp3) is 0.500. The molecule has 28 heavy (non-hydrogen) atoms. The van der Waals surface area contributed by atoms with E-state index in [1.165, 1.54) is 37.5 Å². The Labute approximate surface area is 163 Å². The van der Waals surface area contributed by atoms with E-state index >= 15 is 0 Å². The fourth-order valence-corrected chi connectivity index (χ4v) is 3.16. The number of methoxy groups -OCH3 is 1. The Kier molecular flexibility index (Phi) is 8.22. The van der Waals surface area contributed by atoms with Gasteiger partial charge in [-0.3, -0.25) is 4.79 Å². The third-order valence-electron chi connectivity index (χ3n) is 4.57. The van der Waals surface area contributed by atoms with Crippen molar-refractivity contribution >= 4 is 18.0 Å². The topological polar surface area (TPSA) is 65.1 Å². The molecule has 2 rings (SSSR count). The zero-order valence-electron chi connectivity index (χ0n) is 16.0. The molecule has 1 heterocycles. The van der Waals surface area contributed by atoms with Gasteiger partial charge in [0.05, 0.1) is 7.11 Å². The Hall–Kier alpha value is -2.64. The predicted octanol–water partition coefficient (Wildman–Crippen LogP) is 3.64. The molecule has 1 fully saturated rings. The van der Waals surface area contributed by atoms with Crippen LogP contribution in [0.2, 0.25) is 0 Å². The Morgan fingerprint density at radius 2 is 2.07 bits per heavy atom. The van der Waals surface area contributed by atoms with Gasteiger partial charge in [0, 0.05) is 18.7 Å². The molecule has 1 aromatic carbocycles. The first kappa shape index (κ1) is 21.7. The second-order valence-electron chi connectivity index (χ2n) is 6.37. The van der Waals surface area contributed by atoms with E-state index in [0.717, 1.165) is 25.7 Å². The standard InChI is InChI=1S/C20H25F2NO5/c1-3-15-6-4-5-11-23(15)18(24)13-27-19(25)10-8-14-7-9-16(28-20(21)22)17(12-14)26-2/h7-10,12,15,20H,3-6,11,13H2,1-2H3/b10-8+. The van der Waals surface area contributed by atoms with Gasteiger partial charge in [-0.25, -0.2) is 4.79 Å². The van der Waals surface area contributed by atoms with Crippen molar-refractivity contribution in [1.82, 2.24) is 4.90 Å². The molecular formula is C20H25F2NO5. The highest BCUT2D eigenvalue weighted by molar-refractivity contribution is 5.89. The lowest BCUT2D eigenvalue weighted by atomic mass is 10.00. The lowest BCUT2D eigenvalue weighted by Crippen LogP contribution is -2.45. The number of piperidine rings is 1. The highest BCUT2D eigenvalue weighted by atomic mass is 19.3. The molecule has 1 saturated heterocycles. The van der Waals surface area contributed by atoms with E-state index in [1.54, 1.807) is 4.90 Å². The summed E-state index contributed by atoms with van der Waals surface area (Å²) in [6, 6.07) is 4.47. The molecule has 1 unspecified atom stereocenters. The lowest BCUT2D eigenvalue weighted by Gasteiger charge is -2.35. The Bertz CT molecular complexity index is 708. The van der Waals surface area contributed by atoms with Crippen LogP contribution in [0.15, 0.2) is 24.3 Å². The monoisotopic (exact) mass is 397 g/mol. The van der Waals surface area contributed by atoms with Crippen LogP contribution < -0.4 is 9.47 Å². The molecule has 1 aromatic rings. The number of halogens is 2. The third-order valence-corrected chi connectivity index (χ3v) is 4.57. The highest BCUT2D eigenvalue weighted by Gasteiger charge is 2.25. The van der Waals surface area contributed by atoms with E-state index in [-0.39, 0.29) is 30.1 Å². The summed E-state index contributed by atoms with van der Waals surface area (Å²) < 4.78 is 39.1. The summed E-state index contributed by atoms with van der Waals surface area (Å²) >= 11 is 0. The van der Waals surface area contributed by atoms with Crippen molar-refractivity contribution in [3.05, 3.63) is 29.8 Å². The van der Waals surface area contributed by atoms with Crippen LogP contribution in [0.3, 0.4) is 0 Å². The maximum absolute atomic E-state index is 12.3. The number of hydrogen-bond acceptors (Lipinski definition) is 5. The molecule has 0 aliphatic carbocycles. The lowest BCUT2D eigenvalue weighted by molar-refractivity contribution is -0.150. The van der Waals surface area contributed by atoms with Crippen molar-refractivity contribution in [3.8, 4) is 11.5 Å². The van der Waals surface area contributed by atoms with Crippen LogP contribution in [0, 0.1) is 0 Å². The Morgan fingerprint density at radius 3 is 2.75 bits per heavy atom. The SMILES string of the molecule is CCC1CCCCN1C(=O)COC(=O)/C=C/c1ccc(OC(F)F)c(OC)c1. The maximum atomic E-state index is 12.3. The highest BCUT2D eigenvalue weighted by Crippen LogP contribution is 2.29. The van der Waals surface area contributed by atoms with Crippen LogP contribution in [0.5, 0.6) is 11.5 Å². The number of likely N-dealkylation sites (tertiary alicyclic amines) is 1. The van der Waals surface area contributed by atoms with Crippen LogP contribution >= 0.6 is 0 Å². The zero-order chi connectivity index (χ0) is 20.5. The van der Waals surface area contributed by atoms with Crippen LogP contribution in [0.4, 0.5) is 8.78 Å². The minimum Gasteiger partial charge on any atom is -0.493 e. The van der Waals surface area contributed by atoms with Crippen LogP contribution in [-0.4, -0.2) is 49.7 Å². The molecular weight excluding hydrogens is 372 g/mol. The first-order valence-electron chi connectivity index (χ1n) is 9.21. The molecule has 1 amide bonds. The number of benzene rings is 1. The van der Waals surface area contributed by atoms with Gasteiger partial charge >= 0.3 is 12.6 Å². The van der Waals surface area contributed by atoms with Crippen LogP contribution in [-0.2, 0) is 14.3 Å². The number of esters is 1. The molecule has 0 aromatic heterocycles. The second kappa shape index (κ2) is 10.6. The third kappa shape index (κ3) is 6.21. The number of carbonyl (C=O) groups excluding carboxylic acids is 2. The number of amides is 1. The van der Waals surface area contributed by atoms with Gasteiger partial charge in [0.1, 0.15) is 0 Å². The van der Waals surface area contributed by atoms with Gasteiger partial charge in [-0.15, -0.1) is 0 Å². The van der Waals surface area contributed by atoms with Gasteiger partial charge in [-0.1, -0.05) is 13.0 Å². The summed E-state index contributed by atoms with van der Waals surface area (Å²) in [5, 5.41) is 0. The maximum Gasteiger partial charge on any atom is 0.387 e. The number of rotatable bonds is 8. The van der Waals surface area contributed by atoms with Gasteiger partial charge in [0.25, 0.3) is 5.91 Å². The molecule has 8 heteroatoms. The molecule has 1 atom stereocenters. The van der Waals surface area contributed by atoms with Crippen molar-refractivity contribution < 1.29 is 32.6 Å². The fourth-order valence-electron chi connectivity index (χ4n) is 3.16. The molecule has 0 N–H and O–H groups in total. The van der Waals surface area contributed by atoms with Gasteiger partial charge < -0.3 is 19.1 Å². The molecule has 0 spiro atoms. The van der Waals surface area contributed by atoms with Crippen molar-refractivity contribution in [2.45, 2.75) is 45.3 Å². The molecule has 1 aliphatic rings. The normalized spacial score (nSPS) is 17.0. The van der Waals surface area contributed by atoms with Crippen molar-refractivity contribution in [2.24, 2.45) is 0 Å². The zero-order valence-corrected chi connectivity index (χ0v) is 16.0. The average molecular weight is 397 g/mol. The minimum atomic E-state index is -2.96. The van der Waals surface area contributed by atoms with Crippen molar-refractivity contribution in [3.63, 3.8) is 0 Å². The van der Waals surface area contributed by atoms with E-state index < -0.39 is 12.6 Å². The summed E-state index contributed by atoms with van der Waals surface area (Å²) in [6.45, 7) is -0.534. The number of ether oxygens (including phenoxy) is 3. The predicted molar refractivity (Wildman–Crippen MR) is 99.3 cm³/mol. The van der Waals surface area contributed by atoms with Gasteiger partial charge in [-0.05, 0) is 49.5 Å². The molecule has 0 bridgehead atoms. The summed E-state index contributed by atoms with van der Waals surface area (Å²) in [5.41, 5.74) is 0.531. The summed E-state index contributed by atoms with van der Waals surface area (Å²) in [6.07, 6.45) is 6.54. The van der Waals surface area contributed by atoms with E-state index in [4.69, 9.17) is 9.47 Å². The Balaban J connectivity index is 1.90. The molecule has 0 saturated carbocycles. The van der Waals surface area contributed by atoms with Gasteiger partial charge in [0.15, 0.2) is 18.1 Å². The van der Waals surface area contributed by atoms with Gasteiger partial charge in [0.2, 0.25) is 0 Å².